The van der Waals surface area contributed by atoms with Crippen molar-refractivity contribution in [2.24, 2.45) is 5.92 Å². The number of ether oxygens (including phenoxy) is 1. The van der Waals surface area contributed by atoms with Gasteiger partial charge in [0.15, 0.2) is 6.61 Å². The molecule has 1 atom stereocenters. The fraction of sp³-hybridized carbons (Fsp3) is 0.500. The van der Waals surface area contributed by atoms with Crippen LogP contribution < -0.4 is 10.6 Å². The Morgan fingerprint density at radius 3 is 2.40 bits per heavy atom. The van der Waals surface area contributed by atoms with Crippen LogP contribution in [-0.2, 0) is 20.5 Å². The predicted octanol–water partition coefficient (Wildman–Crippen LogP) is 3.47. The zero-order valence-corrected chi connectivity index (χ0v) is 14.8. The zero-order valence-electron chi connectivity index (χ0n) is 14.0. The number of hydrogen-bond donors (Lipinski definition) is 2. The molecule has 5 nitrogen and oxygen atoms in total. The number of esters is 1. The molecule has 0 unspecified atom stereocenters. The van der Waals surface area contributed by atoms with Gasteiger partial charge in [-0.25, -0.2) is 4.79 Å². The molecule has 1 amide bonds. The van der Waals surface area contributed by atoms with Crippen molar-refractivity contribution >= 4 is 29.2 Å². The summed E-state index contributed by atoms with van der Waals surface area (Å²) in [6, 6.07) is 1.92. The zero-order chi connectivity index (χ0) is 19.2. The average Bonchev–Trinajstić information content (AvgIpc) is 2.50. The van der Waals surface area contributed by atoms with Crippen LogP contribution in [0.15, 0.2) is 18.2 Å². The van der Waals surface area contributed by atoms with Gasteiger partial charge in [-0.2, -0.15) is 13.2 Å². The van der Waals surface area contributed by atoms with E-state index in [1.165, 1.54) is 0 Å². The van der Waals surface area contributed by atoms with Gasteiger partial charge in [0.1, 0.15) is 6.04 Å². The van der Waals surface area contributed by atoms with Gasteiger partial charge in [-0.3, -0.25) is 4.79 Å². The van der Waals surface area contributed by atoms with Crippen molar-refractivity contribution in [2.75, 3.05) is 18.5 Å². The van der Waals surface area contributed by atoms with Crippen molar-refractivity contribution < 1.29 is 27.5 Å². The molecular formula is C16H20ClF3N2O3. The molecule has 2 N–H and O–H groups in total. The van der Waals surface area contributed by atoms with Gasteiger partial charge in [-0.1, -0.05) is 25.4 Å². The number of alkyl halides is 3. The molecule has 1 rings (SSSR count). The van der Waals surface area contributed by atoms with Gasteiger partial charge in [-0.15, -0.1) is 0 Å². The third kappa shape index (κ3) is 6.45. The summed E-state index contributed by atoms with van der Waals surface area (Å²) in [5.74, 6) is -1.39. The molecule has 140 valence electrons. The summed E-state index contributed by atoms with van der Waals surface area (Å²) in [6.45, 7) is 5.15. The first-order valence-corrected chi connectivity index (χ1v) is 8.00. The number of benzene rings is 1. The number of anilines is 1. The number of likely N-dealkylation sites (N-methyl/N-ethyl adjacent to an activating group) is 1. The molecule has 0 saturated carbocycles. The van der Waals surface area contributed by atoms with E-state index in [2.05, 4.69) is 10.6 Å². The second-order valence-corrected chi connectivity index (χ2v) is 6.03. The molecule has 1 aromatic carbocycles. The van der Waals surface area contributed by atoms with Crippen molar-refractivity contribution in [2.45, 2.75) is 33.0 Å². The first kappa shape index (κ1) is 21.1. The van der Waals surface area contributed by atoms with Gasteiger partial charge in [0, 0.05) is 6.54 Å². The minimum atomic E-state index is -4.51. The first-order valence-electron chi connectivity index (χ1n) is 7.62. The summed E-state index contributed by atoms with van der Waals surface area (Å²) in [4.78, 5) is 23.5. The van der Waals surface area contributed by atoms with Crippen molar-refractivity contribution in [3.05, 3.63) is 28.8 Å². The Hall–Kier alpha value is -1.96. The number of amides is 1. The molecule has 0 aromatic heterocycles. The normalized spacial score (nSPS) is 12.6. The SMILES string of the molecule is CCNC(=O)COC(=O)[C@H](Nc1ccc(C(F)(F)F)cc1Cl)C(C)C. The molecule has 0 aliphatic rings. The lowest BCUT2D eigenvalue weighted by Gasteiger charge is -2.22. The van der Waals surface area contributed by atoms with Gasteiger partial charge >= 0.3 is 12.1 Å². The van der Waals surface area contributed by atoms with Crippen molar-refractivity contribution in [1.29, 1.82) is 0 Å². The standard InChI is InChI=1S/C16H20ClF3N2O3/c1-4-21-13(23)8-25-15(24)14(9(2)3)22-12-6-5-10(7-11(12)17)16(18,19)20/h5-7,9,14,22H,4,8H2,1-3H3,(H,21,23)/t14-/m1/s1. The smallest absolute Gasteiger partial charge is 0.416 e. The van der Waals surface area contributed by atoms with Crippen LogP contribution in [0.2, 0.25) is 5.02 Å². The summed E-state index contributed by atoms with van der Waals surface area (Å²) < 4.78 is 42.9. The minimum absolute atomic E-state index is 0.169. The lowest BCUT2D eigenvalue weighted by Crippen LogP contribution is -2.38. The van der Waals surface area contributed by atoms with Crippen LogP contribution in [0, 0.1) is 5.92 Å². The molecule has 25 heavy (non-hydrogen) atoms. The van der Waals surface area contributed by atoms with Crippen LogP contribution in [-0.4, -0.2) is 31.1 Å². The van der Waals surface area contributed by atoms with E-state index >= 15 is 0 Å². The van der Waals surface area contributed by atoms with Gasteiger partial charge in [0.25, 0.3) is 5.91 Å². The molecule has 0 aliphatic carbocycles. The van der Waals surface area contributed by atoms with E-state index < -0.39 is 36.3 Å². The molecule has 0 bridgehead atoms. The molecule has 0 saturated heterocycles. The Balaban J connectivity index is 2.84. The fourth-order valence-corrected chi connectivity index (χ4v) is 2.18. The molecule has 9 heteroatoms. The van der Waals surface area contributed by atoms with Gasteiger partial charge in [0.2, 0.25) is 0 Å². The van der Waals surface area contributed by atoms with Crippen LogP contribution in [0.5, 0.6) is 0 Å². The van der Waals surface area contributed by atoms with Crippen LogP contribution in [0.4, 0.5) is 18.9 Å². The van der Waals surface area contributed by atoms with E-state index in [1.54, 1.807) is 20.8 Å². The number of carbonyl (C=O) groups is 2. The monoisotopic (exact) mass is 380 g/mol. The number of carbonyl (C=O) groups excluding carboxylic acids is 2. The van der Waals surface area contributed by atoms with Crippen molar-refractivity contribution in [3.8, 4) is 0 Å². The Kier molecular flexibility index (Phi) is 7.54. The van der Waals surface area contributed by atoms with E-state index in [0.29, 0.717) is 6.54 Å². The van der Waals surface area contributed by atoms with Crippen molar-refractivity contribution in [1.82, 2.24) is 5.32 Å². The number of nitrogens with one attached hydrogen (secondary N) is 2. The first-order chi connectivity index (χ1) is 11.6. The lowest BCUT2D eigenvalue weighted by molar-refractivity contribution is -0.150. The van der Waals surface area contributed by atoms with Gasteiger partial charge in [0.05, 0.1) is 16.3 Å². The summed E-state index contributed by atoms with van der Waals surface area (Å²) in [7, 11) is 0. The largest absolute Gasteiger partial charge is 0.454 e. The Bertz CT molecular complexity index is 621. The molecular weight excluding hydrogens is 361 g/mol. The summed E-state index contributed by atoms with van der Waals surface area (Å²) in [6.07, 6.45) is -4.51. The minimum Gasteiger partial charge on any atom is -0.454 e. The van der Waals surface area contributed by atoms with E-state index in [-0.39, 0.29) is 16.6 Å². The van der Waals surface area contributed by atoms with E-state index in [4.69, 9.17) is 16.3 Å². The molecule has 0 aliphatic heterocycles. The third-order valence-electron chi connectivity index (χ3n) is 3.25. The maximum absolute atomic E-state index is 12.7. The Labute approximate surface area is 148 Å². The van der Waals surface area contributed by atoms with Crippen LogP contribution in [0.1, 0.15) is 26.3 Å². The lowest BCUT2D eigenvalue weighted by atomic mass is 10.0. The molecule has 0 fully saturated rings. The summed E-state index contributed by atoms with van der Waals surface area (Å²) >= 11 is 5.88. The second-order valence-electron chi connectivity index (χ2n) is 5.62. The van der Waals surface area contributed by atoms with Gasteiger partial charge < -0.3 is 15.4 Å². The summed E-state index contributed by atoms with van der Waals surface area (Å²) in [5.41, 5.74) is -0.716. The maximum atomic E-state index is 12.7. The highest BCUT2D eigenvalue weighted by atomic mass is 35.5. The maximum Gasteiger partial charge on any atom is 0.416 e. The molecule has 0 heterocycles. The predicted molar refractivity (Wildman–Crippen MR) is 88.3 cm³/mol. The quantitative estimate of drug-likeness (QED) is 0.711. The highest BCUT2D eigenvalue weighted by Gasteiger charge is 2.31. The van der Waals surface area contributed by atoms with Crippen LogP contribution in [0.3, 0.4) is 0 Å². The highest BCUT2D eigenvalue weighted by molar-refractivity contribution is 6.33. The molecule has 0 spiro atoms. The number of hydrogen-bond acceptors (Lipinski definition) is 4. The topological polar surface area (TPSA) is 67.4 Å². The van der Waals surface area contributed by atoms with E-state index in [9.17, 15) is 22.8 Å². The number of rotatable bonds is 7. The van der Waals surface area contributed by atoms with Crippen LogP contribution in [0.25, 0.3) is 0 Å². The van der Waals surface area contributed by atoms with Crippen molar-refractivity contribution in [3.63, 3.8) is 0 Å². The second kappa shape index (κ2) is 8.94. The Morgan fingerprint density at radius 2 is 1.92 bits per heavy atom. The van der Waals surface area contributed by atoms with E-state index in [0.717, 1.165) is 18.2 Å². The molecule has 1 aromatic rings. The fourth-order valence-electron chi connectivity index (χ4n) is 1.95. The number of halogens is 4. The van der Waals surface area contributed by atoms with E-state index in [1.807, 2.05) is 0 Å². The van der Waals surface area contributed by atoms with Gasteiger partial charge in [-0.05, 0) is 31.0 Å². The van der Waals surface area contributed by atoms with Crippen LogP contribution >= 0.6 is 11.6 Å². The molecule has 0 radical (unpaired) electrons. The average molecular weight is 381 g/mol. The highest BCUT2D eigenvalue weighted by Crippen LogP contribution is 2.34. The Morgan fingerprint density at radius 1 is 1.28 bits per heavy atom. The third-order valence-corrected chi connectivity index (χ3v) is 3.56. The summed E-state index contributed by atoms with van der Waals surface area (Å²) in [5, 5.41) is 5.09.